The number of carbonyl (C=O) groups is 2. The molecule has 2 aromatic heterocycles. The first-order chi connectivity index (χ1) is 15.9. The average molecular weight is 474 g/mol. The fourth-order valence-corrected chi connectivity index (χ4v) is 4.45. The molecule has 0 aliphatic carbocycles. The standard InChI is InChI=1S/C24H35N5O3S/c1-18(2)27-24(31)29(8-4-3-7-28-9-11-32-12-10-28)15-19-5-6-22(26-14-19)23(30)13-20-16-33-17-21(20)25/h5-6,14,16-18H,3-4,7-13,15,25H2,1-2H3,(H,27,31). The van der Waals surface area contributed by atoms with Crippen LogP contribution >= 0.6 is 11.3 Å². The van der Waals surface area contributed by atoms with Gasteiger partial charge in [-0.15, -0.1) is 11.3 Å². The van der Waals surface area contributed by atoms with E-state index >= 15 is 0 Å². The van der Waals surface area contributed by atoms with E-state index in [1.54, 1.807) is 12.3 Å². The Kier molecular flexibility index (Phi) is 9.65. The van der Waals surface area contributed by atoms with Crippen LogP contribution in [-0.4, -0.2) is 72.0 Å². The second-order valence-corrected chi connectivity index (χ2v) is 9.43. The highest BCUT2D eigenvalue weighted by Crippen LogP contribution is 2.19. The van der Waals surface area contributed by atoms with Crippen LogP contribution in [0.5, 0.6) is 0 Å². The summed E-state index contributed by atoms with van der Waals surface area (Å²) in [5.41, 5.74) is 8.68. The Morgan fingerprint density at radius 1 is 1.24 bits per heavy atom. The van der Waals surface area contributed by atoms with Crippen molar-refractivity contribution in [2.45, 2.75) is 45.7 Å². The molecule has 0 aromatic carbocycles. The number of ketones is 1. The lowest BCUT2D eigenvalue weighted by Crippen LogP contribution is -2.43. The number of pyridine rings is 1. The summed E-state index contributed by atoms with van der Waals surface area (Å²) >= 11 is 1.49. The number of ether oxygens (including phenoxy) is 1. The molecule has 0 spiro atoms. The molecule has 3 rings (SSSR count). The van der Waals surface area contributed by atoms with Gasteiger partial charge in [-0.3, -0.25) is 14.7 Å². The second-order valence-electron chi connectivity index (χ2n) is 8.69. The summed E-state index contributed by atoms with van der Waals surface area (Å²) in [6.45, 7) is 9.62. The van der Waals surface area contributed by atoms with Gasteiger partial charge in [0.15, 0.2) is 5.78 Å². The normalized spacial score (nSPS) is 14.4. The van der Waals surface area contributed by atoms with Gasteiger partial charge in [-0.05, 0) is 55.8 Å². The van der Waals surface area contributed by atoms with Crippen molar-refractivity contribution in [3.8, 4) is 0 Å². The Morgan fingerprint density at radius 3 is 2.67 bits per heavy atom. The van der Waals surface area contributed by atoms with Crippen LogP contribution < -0.4 is 11.1 Å². The molecule has 2 aromatic rings. The quantitative estimate of drug-likeness (QED) is 0.384. The Morgan fingerprint density at radius 2 is 2.03 bits per heavy atom. The van der Waals surface area contributed by atoms with Gasteiger partial charge in [0.1, 0.15) is 5.69 Å². The van der Waals surface area contributed by atoms with Crippen molar-refractivity contribution in [3.63, 3.8) is 0 Å². The molecule has 0 bridgehead atoms. The molecular formula is C24H35N5O3S. The maximum atomic E-state index is 12.7. The highest BCUT2D eigenvalue weighted by Gasteiger charge is 2.17. The first-order valence-corrected chi connectivity index (χ1v) is 12.5. The zero-order valence-corrected chi connectivity index (χ0v) is 20.4. The van der Waals surface area contributed by atoms with Gasteiger partial charge in [-0.1, -0.05) is 6.07 Å². The number of unbranched alkanes of at least 4 members (excludes halogenated alkanes) is 1. The summed E-state index contributed by atoms with van der Waals surface area (Å²) in [5.74, 6) is -0.0656. The number of amides is 2. The molecule has 2 amide bonds. The Hall–Kier alpha value is -2.49. The fourth-order valence-electron chi connectivity index (χ4n) is 3.70. The molecule has 33 heavy (non-hydrogen) atoms. The van der Waals surface area contributed by atoms with Gasteiger partial charge in [0.2, 0.25) is 0 Å². The largest absolute Gasteiger partial charge is 0.398 e. The van der Waals surface area contributed by atoms with E-state index in [1.165, 1.54) is 11.3 Å². The Labute approximate surface area is 200 Å². The molecule has 0 saturated carbocycles. The number of nitrogens with two attached hydrogens (primary N) is 1. The molecule has 3 heterocycles. The fraction of sp³-hybridized carbons (Fsp3) is 0.542. The number of nitrogens with one attached hydrogen (secondary N) is 1. The summed E-state index contributed by atoms with van der Waals surface area (Å²) in [4.78, 5) is 33.9. The highest BCUT2D eigenvalue weighted by molar-refractivity contribution is 7.08. The second kappa shape index (κ2) is 12.7. The molecule has 0 radical (unpaired) electrons. The van der Waals surface area contributed by atoms with Gasteiger partial charge in [0, 0.05) is 55.9 Å². The van der Waals surface area contributed by atoms with Crippen molar-refractivity contribution in [2.75, 3.05) is 45.1 Å². The van der Waals surface area contributed by atoms with Crippen molar-refractivity contribution in [3.05, 3.63) is 45.9 Å². The number of morpholine rings is 1. The van der Waals surface area contributed by atoms with E-state index < -0.39 is 0 Å². The molecular weight excluding hydrogens is 438 g/mol. The van der Waals surface area contributed by atoms with E-state index in [4.69, 9.17) is 10.5 Å². The van der Waals surface area contributed by atoms with E-state index in [0.29, 0.717) is 24.5 Å². The van der Waals surface area contributed by atoms with Gasteiger partial charge in [0.05, 0.1) is 13.2 Å². The number of carbonyl (C=O) groups excluding carboxylic acids is 2. The molecule has 9 heteroatoms. The number of thiophene rings is 1. The first-order valence-electron chi connectivity index (χ1n) is 11.6. The maximum Gasteiger partial charge on any atom is 0.317 e. The minimum atomic E-state index is -0.0792. The van der Waals surface area contributed by atoms with Gasteiger partial charge in [0.25, 0.3) is 0 Å². The van der Waals surface area contributed by atoms with Crippen LogP contribution in [0.25, 0.3) is 0 Å². The van der Waals surface area contributed by atoms with Crippen molar-refractivity contribution in [2.24, 2.45) is 0 Å². The third-order valence-electron chi connectivity index (χ3n) is 5.57. The molecule has 3 N–H and O–H groups in total. The summed E-state index contributed by atoms with van der Waals surface area (Å²) in [5, 5.41) is 6.71. The number of nitrogens with zero attached hydrogens (tertiary/aromatic N) is 3. The summed E-state index contributed by atoms with van der Waals surface area (Å²) in [6, 6.07) is 3.60. The molecule has 1 aliphatic rings. The SMILES string of the molecule is CC(C)NC(=O)N(CCCCN1CCOCC1)Cc1ccc(C(=O)Cc2cscc2N)nc1. The van der Waals surface area contributed by atoms with Crippen LogP contribution in [0, 0.1) is 0 Å². The third kappa shape index (κ3) is 8.10. The summed E-state index contributed by atoms with van der Waals surface area (Å²) < 4.78 is 5.40. The number of anilines is 1. The molecule has 8 nitrogen and oxygen atoms in total. The number of rotatable bonds is 11. The van der Waals surface area contributed by atoms with Crippen molar-refractivity contribution in [1.82, 2.24) is 20.1 Å². The number of hydrogen-bond acceptors (Lipinski definition) is 7. The topological polar surface area (TPSA) is 101 Å². The van der Waals surface area contributed by atoms with Crippen LogP contribution in [0.15, 0.2) is 29.1 Å². The lowest BCUT2D eigenvalue weighted by Gasteiger charge is -2.27. The van der Waals surface area contributed by atoms with Crippen molar-refractivity contribution in [1.29, 1.82) is 0 Å². The van der Waals surface area contributed by atoms with Gasteiger partial charge < -0.3 is 20.7 Å². The van der Waals surface area contributed by atoms with Crippen LogP contribution in [-0.2, 0) is 17.7 Å². The minimum Gasteiger partial charge on any atom is -0.398 e. The van der Waals surface area contributed by atoms with E-state index in [1.807, 2.05) is 35.6 Å². The number of nitrogen functional groups attached to an aromatic ring is 1. The van der Waals surface area contributed by atoms with Crippen LogP contribution in [0.1, 0.15) is 48.3 Å². The van der Waals surface area contributed by atoms with E-state index in [2.05, 4.69) is 15.2 Å². The highest BCUT2D eigenvalue weighted by atomic mass is 32.1. The molecule has 0 atom stereocenters. The number of aromatic nitrogens is 1. The van der Waals surface area contributed by atoms with Crippen molar-refractivity contribution >= 4 is 28.8 Å². The predicted molar refractivity (Wildman–Crippen MR) is 132 cm³/mol. The monoisotopic (exact) mass is 473 g/mol. The van der Waals surface area contributed by atoms with Crippen LogP contribution in [0.2, 0.25) is 0 Å². The van der Waals surface area contributed by atoms with Crippen molar-refractivity contribution < 1.29 is 14.3 Å². The van der Waals surface area contributed by atoms with E-state index in [9.17, 15) is 9.59 Å². The molecule has 180 valence electrons. The van der Waals surface area contributed by atoms with Gasteiger partial charge >= 0.3 is 6.03 Å². The lowest BCUT2D eigenvalue weighted by atomic mass is 10.1. The predicted octanol–water partition coefficient (Wildman–Crippen LogP) is 3.18. The lowest BCUT2D eigenvalue weighted by molar-refractivity contribution is 0.0369. The molecule has 1 aliphatic heterocycles. The van der Waals surface area contributed by atoms with Crippen LogP contribution in [0.4, 0.5) is 10.5 Å². The third-order valence-corrected chi connectivity index (χ3v) is 6.38. The summed E-state index contributed by atoms with van der Waals surface area (Å²) in [6.07, 6.45) is 3.89. The number of Topliss-reactive ketones (excluding diaryl/α,β-unsaturated/α-hetero) is 1. The van der Waals surface area contributed by atoms with Gasteiger partial charge in [-0.25, -0.2) is 4.79 Å². The zero-order valence-electron chi connectivity index (χ0n) is 19.6. The molecule has 1 fully saturated rings. The maximum absolute atomic E-state index is 12.7. The van der Waals surface area contributed by atoms with E-state index in [0.717, 1.165) is 56.8 Å². The molecule has 0 unspecified atom stereocenters. The number of urea groups is 1. The van der Waals surface area contributed by atoms with Gasteiger partial charge in [-0.2, -0.15) is 0 Å². The Bertz CT molecular complexity index is 894. The summed E-state index contributed by atoms with van der Waals surface area (Å²) in [7, 11) is 0. The smallest absolute Gasteiger partial charge is 0.317 e. The number of hydrogen-bond donors (Lipinski definition) is 2. The van der Waals surface area contributed by atoms with E-state index in [-0.39, 0.29) is 24.3 Å². The minimum absolute atomic E-state index is 0.0656. The molecule has 1 saturated heterocycles. The first kappa shape index (κ1) is 25.1. The Balaban J connectivity index is 1.54. The average Bonchev–Trinajstić information content (AvgIpc) is 3.20. The van der Waals surface area contributed by atoms with Crippen LogP contribution in [0.3, 0.4) is 0 Å². The zero-order chi connectivity index (χ0) is 23.6.